The van der Waals surface area contributed by atoms with Crippen LogP contribution >= 0.6 is 15.9 Å². The number of benzene rings is 1. The van der Waals surface area contributed by atoms with Crippen molar-refractivity contribution < 1.29 is 13.9 Å². The summed E-state index contributed by atoms with van der Waals surface area (Å²) in [6.45, 7) is 3.85. The highest BCUT2D eigenvalue weighted by Gasteiger charge is 2.56. The van der Waals surface area contributed by atoms with E-state index < -0.39 is 17.3 Å². The fourth-order valence-electron chi connectivity index (χ4n) is 2.96. The lowest BCUT2D eigenvalue weighted by atomic mass is 10.2. The Morgan fingerprint density at radius 3 is 2.82 bits per heavy atom. The number of hydrogen-bond acceptors (Lipinski definition) is 3. The molecule has 114 valence electrons. The predicted molar refractivity (Wildman–Crippen MR) is 82.9 cm³/mol. The van der Waals surface area contributed by atoms with Crippen LogP contribution in [0.1, 0.15) is 30.8 Å². The Morgan fingerprint density at radius 2 is 2.27 bits per heavy atom. The molecule has 2 atom stereocenters. The predicted octanol–water partition coefficient (Wildman–Crippen LogP) is 3.98. The molecule has 6 heteroatoms. The highest BCUT2D eigenvalue weighted by Crippen LogP contribution is 2.52. The maximum atomic E-state index is 14.5. The average molecular weight is 365 g/mol. The van der Waals surface area contributed by atoms with E-state index in [1.165, 1.54) is 10.6 Å². The molecule has 0 radical (unpaired) electrons. The topological polar surface area (TPSA) is 55.0 Å². The third kappa shape index (κ3) is 2.03. The smallest absolute Gasteiger partial charge is 0.355 e. The summed E-state index contributed by atoms with van der Waals surface area (Å²) in [7, 11) is 0. The zero-order valence-electron chi connectivity index (χ0n) is 12.2. The number of nitrogens with zero attached hydrogens (tertiary/aromatic N) is 2. The highest BCUT2D eigenvalue weighted by atomic mass is 79.9. The zero-order chi connectivity index (χ0) is 16.1. The van der Waals surface area contributed by atoms with Gasteiger partial charge in [0.1, 0.15) is 17.1 Å². The lowest BCUT2D eigenvalue weighted by Crippen LogP contribution is -2.23. The van der Waals surface area contributed by atoms with Crippen LogP contribution < -0.4 is 0 Å². The molecule has 1 aliphatic carbocycles. The third-order valence-electron chi connectivity index (χ3n) is 4.16. The summed E-state index contributed by atoms with van der Waals surface area (Å²) in [5, 5.41) is 10.2. The molecule has 4 nitrogen and oxygen atoms in total. The molecule has 0 N–H and O–H groups in total. The zero-order valence-corrected chi connectivity index (χ0v) is 13.8. The summed E-state index contributed by atoms with van der Waals surface area (Å²) < 4.78 is 21.7. The van der Waals surface area contributed by atoms with Gasteiger partial charge in [0, 0.05) is 9.86 Å². The number of fused-ring (bicyclic) bond motifs is 1. The lowest BCUT2D eigenvalue weighted by molar-refractivity contribution is 0.0512. The van der Waals surface area contributed by atoms with E-state index in [0.717, 1.165) is 0 Å². The monoisotopic (exact) mass is 364 g/mol. The minimum atomic E-state index is -0.876. The quantitative estimate of drug-likeness (QED) is 0.774. The summed E-state index contributed by atoms with van der Waals surface area (Å²) in [5.74, 6) is -0.944. The minimum Gasteiger partial charge on any atom is -0.461 e. The maximum absolute atomic E-state index is 14.5. The number of aromatic nitrogens is 1. The van der Waals surface area contributed by atoms with Crippen molar-refractivity contribution >= 4 is 32.8 Å². The number of rotatable bonds is 3. The molecule has 0 amide bonds. The second-order valence-corrected chi connectivity index (χ2v) is 6.47. The van der Waals surface area contributed by atoms with Gasteiger partial charge in [-0.25, -0.2) is 9.18 Å². The third-order valence-corrected chi connectivity index (χ3v) is 4.62. The van der Waals surface area contributed by atoms with Gasteiger partial charge in [-0.2, -0.15) is 5.26 Å². The molecule has 1 saturated carbocycles. The summed E-state index contributed by atoms with van der Waals surface area (Å²) in [6.07, 6.45) is 0.592. The number of carbonyl (C=O) groups is 1. The summed E-state index contributed by atoms with van der Waals surface area (Å²) in [4.78, 5) is 12.2. The van der Waals surface area contributed by atoms with E-state index in [0.29, 0.717) is 16.3 Å². The first-order valence-corrected chi connectivity index (χ1v) is 7.83. The number of hydrogen-bond donors (Lipinski definition) is 0. The Kier molecular flexibility index (Phi) is 3.48. The molecule has 3 rings (SSSR count). The molecule has 0 aliphatic heterocycles. The van der Waals surface area contributed by atoms with E-state index in [1.807, 2.05) is 6.92 Å². The molecule has 22 heavy (non-hydrogen) atoms. The molecule has 1 aliphatic rings. The van der Waals surface area contributed by atoms with Crippen LogP contribution in [0.4, 0.5) is 4.39 Å². The van der Waals surface area contributed by atoms with E-state index in [4.69, 9.17) is 4.74 Å². The van der Waals surface area contributed by atoms with Crippen LogP contribution in [-0.4, -0.2) is 17.1 Å². The average Bonchev–Trinajstić information content (AvgIpc) is 2.95. The van der Waals surface area contributed by atoms with Crippen molar-refractivity contribution in [2.45, 2.75) is 25.8 Å². The van der Waals surface area contributed by atoms with Crippen LogP contribution in [0, 0.1) is 23.1 Å². The standard InChI is InChI=1S/C16H14BrFN2O2/c1-3-22-15(21)13-5-10-4-11(17)6-12(18)14(10)20(13)16(8-19)7-9(16)2/h4-6,9H,3,7H2,1-2H3/t9-,16+/m0/s1. The number of carbonyl (C=O) groups excluding carboxylic acids is 1. The molecule has 0 unspecified atom stereocenters. The van der Waals surface area contributed by atoms with Gasteiger partial charge in [0.2, 0.25) is 0 Å². The van der Waals surface area contributed by atoms with Crippen LogP contribution in [0.3, 0.4) is 0 Å². The Hall–Kier alpha value is -1.87. The highest BCUT2D eigenvalue weighted by molar-refractivity contribution is 9.10. The van der Waals surface area contributed by atoms with Gasteiger partial charge in [-0.15, -0.1) is 0 Å². The van der Waals surface area contributed by atoms with Crippen molar-refractivity contribution in [3.05, 3.63) is 34.2 Å². The van der Waals surface area contributed by atoms with E-state index in [-0.39, 0.29) is 23.7 Å². The van der Waals surface area contributed by atoms with Gasteiger partial charge >= 0.3 is 5.97 Å². The van der Waals surface area contributed by atoms with E-state index >= 15 is 0 Å². The van der Waals surface area contributed by atoms with Gasteiger partial charge in [-0.3, -0.25) is 0 Å². The number of ether oxygens (including phenoxy) is 1. The van der Waals surface area contributed by atoms with Crippen molar-refractivity contribution in [3.63, 3.8) is 0 Å². The molecule has 1 aromatic carbocycles. The number of nitriles is 1. The Labute approximate surface area is 135 Å². The van der Waals surface area contributed by atoms with Gasteiger partial charge in [0.15, 0.2) is 0 Å². The van der Waals surface area contributed by atoms with Crippen LogP contribution in [0.5, 0.6) is 0 Å². The van der Waals surface area contributed by atoms with E-state index in [2.05, 4.69) is 22.0 Å². The summed E-state index contributed by atoms with van der Waals surface area (Å²) >= 11 is 3.25. The maximum Gasteiger partial charge on any atom is 0.355 e. The lowest BCUT2D eigenvalue weighted by Gasteiger charge is -2.16. The molecule has 1 aromatic heterocycles. The molecule has 1 fully saturated rings. The van der Waals surface area contributed by atoms with Gasteiger partial charge in [0.05, 0.1) is 18.2 Å². The second kappa shape index (κ2) is 5.10. The second-order valence-electron chi connectivity index (χ2n) is 5.55. The van der Waals surface area contributed by atoms with Gasteiger partial charge in [0.25, 0.3) is 0 Å². The Morgan fingerprint density at radius 1 is 1.59 bits per heavy atom. The van der Waals surface area contributed by atoms with Crippen molar-refractivity contribution in [1.82, 2.24) is 4.57 Å². The summed E-state index contributed by atoms with van der Waals surface area (Å²) in [6, 6.07) is 6.91. The first-order valence-electron chi connectivity index (χ1n) is 7.04. The van der Waals surface area contributed by atoms with Gasteiger partial charge < -0.3 is 9.30 Å². The van der Waals surface area contributed by atoms with E-state index in [1.54, 1.807) is 19.1 Å². The van der Waals surface area contributed by atoms with Crippen molar-refractivity contribution in [2.24, 2.45) is 5.92 Å². The van der Waals surface area contributed by atoms with Crippen LogP contribution in [0.2, 0.25) is 0 Å². The fraction of sp³-hybridized carbons (Fsp3) is 0.375. The van der Waals surface area contributed by atoms with Crippen LogP contribution in [-0.2, 0) is 10.3 Å². The minimum absolute atomic E-state index is 0.0596. The fourth-order valence-corrected chi connectivity index (χ4v) is 3.41. The molecular formula is C16H14BrFN2O2. The molecule has 1 heterocycles. The van der Waals surface area contributed by atoms with Gasteiger partial charge in [-0.05, 0) is 37.5 Å². The molecule has 2 aromatic rings. The first kappa shape index (κ1) is 15.0. The Balaban J connectivity index is 2.34. The Bertz CT molecular complexity index is 824. The van der Waals surface area contributed by atoms with E-state index in [9.17, 15) is 14.4 Å². The van der Waals surface area contributed by atoms with Crippen molar-refractivity contribution in [3.8, 4) is 6.07 Å². The first-order chi connectivity index (χ1) is 10.4. The number of halogens is 2. The molecular weight excluding hydrogens is 351 g/mol. The van der Waals surface area contributed by atoms with Crippen LogP contribution in [0.25, 0.3) is 10.9 Å². The number of esters is 1. The molecule has 0 bridgehead atoms. The van der Waals surface area contributed by atoms with Crippen molar-refractivity contribution in [1.29, 1.82) is 5.26 Å². The molecule has 0 saturated heterocycles. The molecule has 0 spiro atoms. The SMILES string of the molecule is CCOC(=O)c1cc2cc(Br)cc(F)c2n1[C@@]1(C#N)C[C@@H]1C. The normalized spacial score (nSPS) is 23.3. The summed E-state index contributed by atoms with van der Waals surface area (Å²) in [5.41, 5.74) is -0.379. The van der Waals surface area contributed by atoms with Gasteiger partial charge in [-0.1, -0.05) is 22.9 Å². The largest absolute Gasteiger partial charge is 0.461 e. The van der Waals surface area contributed by atoms with Crippen LogP contribution in [0.15, 0.2) is 22.7 Å². The van der Waals surface area contributed by atoms with Crippen molar-refractivity contribution in [2.75, 3.05) is 6.61 Å².